The van der Waals surface area contributed by atoms with Crippen molar-refractivity contribution >= 4 is 22.6 Å². The number of rotatable bonds is 2. The van der Waals surface area contributed by atoms with Gasteiger partial charge in [-0.15, -0.1) is 0 Å². The first-order valence-electron chi connectivity index (χ1n) is 6.52. The van der Waals surface area contributed by atoms with Gasteiger partial charge in [0.15, 0.2) is 0 Å². The Balaban J connectivity index is 0.000000217. The highest BCUT2D eigenvalue weighted by atomic mass is 127. The zero-order chi connectivity index (χ0) is 15.2. The molecule has 0 saturated heterocycles. The standard InChI is InChI=1S/C11H15I.C6H4F2/c1-4-11(2,3)9-5-7-10(12)8-6-9;7-5-2-1-3-6(8)4-5/h5-8H,4H2,1-3H3;1-4H. The largest absolute Gasteiger partial charge is 0.207 e. The molecule has 0 amide bonds. The summed E-state index contributed by atoms with van der Waals surface area (Å²) in [5.41, 5.74) is 1.76. The van der Waals surface area contributed by atoms with Gasteiger partial charge in [0.1, 0.15) is 11.6 Å². The van der Waals surface area contributed by atoms with E-state index in [1.165, 1.54) is 33.8 Å². The fraction of sp³-hybridized carbons (Fsp3) is 0.294. The van der Waals surface area contributed by atoms with Crippen LogP contribution in [-0.2, 0) is 5.41 Å². The predicted molar refractivity (Wildman–Crippen MR) is 88.8 cm³/mol. The van der Waals surface area contributed by atoms with Crippen molar-refractivity contribution in [2.45, 2.75) is 32.6 Å². The minimum Gasteiger partial charge on any atom is -0.207 e. The van der Waals surface area contributed by atoms with Crippen molar-refractivity contribution in [3.63, 3.8) is 0 Å². The summed E-state index contributed by atoms with van der Waals surface area (Å²) >= 11 is 2.34. The molecule has 2 aromatic carbocycles. The Morgan fingerprint density at radius 3 is 1.80 bits per heavy atom. The van der Waals surface area contributed by atoms with E-state index in [-0.39, 0.29) is 0 Å². The highest BCUT2D eigenvalue weighted by molar-refractivity contribution is 14.1. The van der Waals surface area contributed by atoms with Gasteiger partial charge in [-0.25, -0.2) is 8.78 Å². The van der Waals surface area contributed by atoms with Crippen LogP contribution < -0.4 is 0 Å². The molecule has 0 unspecified atom stereocenters. The average Bonchev–Trinajstić information content (AvgIpc) is 2.39. The highest BCUT2D eigenvalue weighted by Gasteiger charge is 2.16. The Bertz CT molecular complexity index is 516. The van der Waals surface area contributed by atoms with Gasteiger partial charge < -0.3 is 0 Å². The van der Waals surface area contributed by atoms with Gasteiger partial charge in [-0.3, -0.25) is 0 Å². The summed E-state index contributed by atoms with van der Waals surface area (Å²) in [5, 5.41) is 0. The first-order valence-corrected chi connectivity index (χ1v) is 7.60. The fourth-order valence-electron chi connectivity index (χ4n) is 1.57. The maximum atomic E-state index is 11.9. The molecule has 0 heterocycles. The van der Waals surface area contributed by atoms with Crippen LogP contribution >= 0.6 is 22.6 Å². The third-order valence-corrected chi connectivity index (χ3v) is 4.02. The van der Waals surface area contributed by atoms with Crippen LogP contribution in [0.5, 0.6) is 0 Å². The van der Waals surface area contributed by atoms with Crippen molar-refractivity contribution in [3.8, 4) is 0 Å². The molecule has 0 aromatic heterocycles. The molecular weight excluding hydrogens is 369 g/mol. The molecule has 2 aromatic rings. The summed E-state index contributed by atoms with van der Waals surface area (Å²) < 4.78 is 25.2. The van der Waals surface area contributed by atoms with Gasteiger partial charge in [-0.05, 0) is 64.3 Å². The Morgan fingerprint density at radius 2 is 1.45 bits per heavy atom. The van der Waals surface area contributed by atoms with Crippen LogP contribution in [0.15, 0.2) is 48.5 Å². The monoisotopic (exact) mass is 388 g/mol. The van der Waals surface area contributed by atoms with Crippen LogP contribution in [0.3, 0.4) is 0 Å². The summed E-state index contributed by atoms with van der Waals surface area (Å²) in [7, 11) is 0. The molecule has 0 spiro atoms. The maximum absolute atomic E-state index is 11.9. The molecule has 0 aliphatic carbocycles. The van der Waals surface area contributed by atoms with E-state index >= 15 is 0 Å². The second-order valence-electron chi connectivity index (χ2n) is 5.18. The minimum absolute atomic E-state index is 0.324. The van der Waals surface area contributed by atoms with Crippen LogP contribution in [0, 0.1) is 15.2 Å². The zero-order valence-electron chi connectivity index (χ0n) is 12.0. The summed E-state index contributed by atoms with van der Waals surface area (Å²) in [6, 6.07) is 13.4. The lowest BCUT2D eigenvalue weighted by Crippen LogP contribution is -2.14. The van der Waals surface area contributed by atoms with Crippen molar-refractivity contribution in [2.75, 3.05) is 0 Å². The smallest absolute Gasteiger partial charge is 0.126 e. The lowest BCUT2D eigenvalue weighted by atomic mass is 9.82. The summed E-state index contributed by atoms with van der Waals surface area (Å²) in [6.45, 7) is 6.81. The van der Waals surface area contributed by atoms with E-state index in [0.717, 1.165) is 6.07 Å². The molecule has 0 saturated carbocycles. The summed E-state index contributed by atoms with van der Waals surface area (Å²) in [4.78, 5) is 0. The molecule has 0 nitrogen and oxygen atoms in total. The maximum Gasteiger partial charge on any atom is 0.126 e. The molecule has 0 bridgehead atoms. The fourth-order valence-corrected chi connectivity index (χ4v) is 1.92. The second kappa shape index (κ2) is 7.72. The van der Waals surface area contributed by atoms with Gasteiger partial charge in [0.25, 0.3) is 0 Å². The highest BCUT2D eigenvalue weighted by Crippen LogP contribution is 2.26. The predicted octanol–water partition coefficient (Wildman–Crippen LogP) is 5.94. The topological polar surface area (TPSA) is 0 Å². The number of hydrogen-bond donors (Lipinski definition) is 0. The lowest BCUT2D eigenvalue weighted by Gasteiger charge is -2.23. The van der Waals surface area contributed by atoms with Gasteiger partial charge >= 0.3 is 0 Å². The molecule has 0 fully saturated rings. The molecular formula is C17H19F2I. The average molecular weight is 388 g/mol. The molecule has 20 heavy (non-hydrogen) atoms. The Morgan fingerprint density at radius 1 is 0.950 bits per heavy atom. The van der Waals surface area contributed by atoms with Crippen molar-refractivity contribution in [3.05, 3.63) is 69.3 Å². The van der Waals surface area contributed by atoms with E-state index in [4.69, 9.17) is 0 Å². The van der Waals surface area contributed by atoms with E-state index in [1.807, 2.05) is 0 Å². The van der Waals surface area contributed by atoms with Crippen LogP contribution in [0.25, 0.3) is 0 Å². The minimum atomic E-state index is -0.537. The summed E-state index contributed by atoms with van der Waals surface area (Å²) in [5.74, 6) is -1.07. The van der Waals surface area contributed by atoms with E-state index in [2.05, 4.69) is 67.6 Å². The quantitative estimate of drug-likeness (QED) is 0.559. The Kier molecular flexibility index (Phi) is 6.59. The Hall–Kier alpha value is -0.970. The molecule has 3 heteroatoms. The first kappa shape index (κ1) is 17.1. The number of halogens is 3. The molecule has 108 valence electrons. The van der Waals surface area contributed by atoms with Crippen LogP contribution in [0.1, 0.15) is 32.8 Å². The first-order chi connectivity index (χ1) is 9.35. The van der Waals surface area contributed by atoms with Crippen LogP contribution in [0.2, 0.25) is 0 Å². The van der Waals surface area contributed by atoms with Gasteiger partial charge in [-0.2, -0.15) is 0 Å². The molecule has 0 atom stereocenters. The normalized spacial score (nSPS) is 10.7. The van der Waals surface area contributed by atoms with Crippen molar-refractivity contribution in [1.82, 2.24) is 0 Å². The molecule has 2 rings (SSSR count). The van der Waals surface area contributed by atoms with Crippen molar-refractivity contribution < 1.29 is 8.78 Å². The van der Waals surface area contributed by atoms with Gasteiger partial charge in [-0.1, -0.05) is 39.0 Å². The molecule has 0 aliphatic rings. The molecule has 0 radical (unpaired) electrons. The van der Waals surface area contributed by atoms with E-state index in [1.54, 1.807) is 0 Å². The van der Waals surface area contributed by atoms with Crippen molar-refractivity contribution in [2.24, 2.45) is 0 Å². The van der Waals surface area contributed by atoms with Gasteiger partial charge in [0, 0.05) is 9.64 Å². The molecule has 0 aliphatic heterocycles. The second-order valence-corrected chi connectivity index (χ2v) is 6.43. The number of hydrogen-bond acceptors (Lipinski definition) is 0. The molecule has 0 N–H and O–H groups in total. The Labute approximate surface area is 133 Å². The number of benzene rings is 2. The zero-order valence-corrected chi connectivity index (χ0v) is 14.1. The van der Waals surface area contributed by atoms with Crippen molar-refractivity contribution in [1.29, 1.82) is 0 Å². The third kappa shape index (κ3) is 5.57. The third-order valence-electron chi connectivity index (χ3n) is 3.30. The SMILES string of the molecule is CCC(C)(C)c1ccc(I)cc1.Fc1cccc(F)c1. The lowest BCUT2D eigenvalue weighted by molar-refractivity contribution is 0.506. The van der Waals surface area contributed by atoms with E-state index in [9.17, 15) is 8.78 Å². The summed E-state index contributed by atoms with van der Waals surface area (Å²) in [6.07, 6.45) is 1.19. The van der Waals surface area contributed by atoms with Crippen LogP contribution in [0.4, 0.5) is 8.78 Å². The van der Waals surface area contributed by atoms with Gasteiger partial charge in [0.05, 0.1) is 0 Å². The van der Waals surface area contributed by atoms with Crippen LogP contribution in [-0.4, -0.2) is 0 Å². The van der Waals surface area contributed by atoms with E-state index in [0.29, 0.717) is 5.41 Å². The van der Waals surface area contributed by atoms with E-state index < -0.39 is 11.6 Å². The van der Waals surface area contributed by atoms with Gasteiger partial charge in [0.2, 0.25) is 0 Å².